The van der Waals surface area contributed by atoms with E-state index in [9.17, 15) is 22.0 Å². The molecule has 1 saturated heterocycles. The smallest absolute Gasteiger partial charge is 0.255 e. The van der Waals surface area contributed by atoms with Gasteiger partial charge in [-0.2, -0.15) is 0 Å². The summed E-state index contributed by atoms with van der Waals surface area (Å²) in [5, 5.41) is 3.03. The molecule has 0 saturated carbocycles. The zero-order chi connectivity index (χ0) is 39.1. The van der Waals surface area contributed by atoms with Gasteiger partial charge in [0.2, 0.25) is 15.9 Å². The van der Waals surface area contributed by atoms with Crippen molar-refractivity contribution < 1.29 is 45.0 Å². The van der Waals surface area contributed by atoms with Gasteiger partial charge < -0.3 is 28.4 Å². The average molecular weight is 780 g/mol. The number of carbonyl (C=O) groups excluding carboxylic acids is 1. The lowest BCUT2D eigenvalue weighted by molar-refractivity contribution is -0.214. The first-order valence-corrected chi connectivity index (χ1v) is 19.5. The van der Waals surface area contributed by atoms with E-state index in [1.807, 2.05) is 30.3 Å². The molecular formula is C42H35F2N3O8S. The quantitative estimate of drug-likeness (QED) is 0.145. The van der Waals surface area contributed by atoms with Crippen LogP contribution >= 0.6 is 0 Å². The van der Waals surface area contributed by atoms with Gasteiger partial charge in [-0.3, -0.25) is 9.10 Å². The number of hydrogen-bond acceptors (Lipinski definition) is 9. The number of rotatable bonds is 10. The predicted molar refractivity (Wildman–Crippen MR) is 207 cm³/mol. The highest BCUT2D eigenvalue weighted by molar-refractivity contribution is 7.92. The highest BCUT2D eigenvalue weighted by atomic mass is 32.2. The largest absolute Gasteiger partial charge is 0.496 e. The van der Waals surface area contributed by atoms with E-state index >= 15 is 0 Å². The van der Waals surface area contributed by atoms with Crippen molar-refractivity contribution in [2.24, 2.45) is 0 Å². The van der Waals surface area contributed by atoms with Crippen LogP contribution in [0.15, 0.2) is 112 Å². The van der Waals surface area contributed by atoms with Gasteiger partial charge in [-0.1, -0.05) is 42.5 Å². The van der Waals surface area contributed by atoms with Crippen molar-refractivity contribution in [3.8, 4) is 39.7 Å². The van der Waals surface area contributed by atoms with Crippen LogP contribution in [-0.4, -0.2) is 59.0 Å². The van der Waals surface area contributed by atoms with Crippen LogP contribution in [0.2, 0.25) is 0 Å². The lowest BCUT2D eigenvalue weighted by Crippen LogP contribution is -2.41. The molecule has 5 aromatic carbocycles. The third-order valence-corrected chi connectivity index (χ3v) is 10.8. The fraction of sp³-hybridized carbons (Fsp3) is 0.190. The van der Waals surface area contributed by atoms with Crippen molar-refractivity contribution in [3.63, 3.8) is 0 Å². The Morgan fingerprint density at radius 2 is 1.68 bits per heavy atom. The first kappa shape index (κ1) is 36.9. The zero-order valence-corrected chi connectivity index (χ0v) is 31.2. The van der Waals surface area contributed by atoms with Crippen LogP contribution in [0.3, 0.4) is 0 Å². The van der Waals surface area contributed by atoms with E-state index < -0.39 is 40.0 Å². The van der Waals surface area contributed by atoms with Crippen LogP contribution in [0.1, 0.15) is 28.6 Å². The van der Waals surface area contributed by atoms with Gasteiger partial charge in [0.05, 0.1) is 49.4 Å². The van der Waals surface area contributed by atoms with E-state index in [1.165, 1.54) is 54.9 Å². The van der Waals surface area contributed by atoms with E-state index in [0.717, 1.165) is 11.8 Å². The summed E-state index contributed by atoms with van der Waals surface area (Å²) in [5.74, 6) is -0.918. The summed E-state index contributed by atoms with van der Waals surface area (Å²) in [4.78, 5) is 18.0. The molecule has 14 heteroatoms. The lowest BCUT2D eigenvalue weighted by atomic mass is 9.96. The minimum atomic E-state index is -4.02. The average Bonchev–Trinajstić information content (AvgIpc) is 3.82. The Kier molecular flexibility index (Phi) is 9.78. The van der Waals surface area contributed by atoms with E-state index in [4.69, 9.17) is 23.0 Å². The number of para-hydroxylation sites is 1. The molecule has 0 radical (unpaired) electrons. The Labute approximate surface area is 320 Å². The SMILES string of the molecule is CNC(=O)c1c(-c2ccc(F)cc2)oc2cc(N(CC3CCOC(c4ccccc4)O3)S(C)(=O)=O)c(-c3ccc(OC)c(-c4nc5c(F)cccc5o4)c3)cc12. The number of nitrogens with zero attached hydrogens (tertiary/aromatic N) is 2. The number of benzene rings is 5. The number of sulfonamides is 1. The molecule has 56 heavy (non-hydrogen) atoms. The lowest BCUT2D eigenvalue weighted by Gasteiger charge is -2.34. The molecule has 286 valence electrons. The predicted octanol–water partition coefficient (Wildman–Crippen LogP) is 8.49. The third kappa shape index (κ3) is 6.98. The van der Waals surface area contributed by atoms with E-state index in [1.54, 1.807) is 36.4 Å². The highest BCUT2D eigenvalue weighted by Crippen LogP contribution is 2.44. The van der Waals surface area contributed by atoms with Gasteiger partial charge in [0.1, 0.15) is 28.4 Å². The Morgan fingerprint density at radius 3 is 2.39 bits per heavy atom. The van der Waals surface area contributed by atoms with Crippen LogP contribution < -0.4 is 14.4 Å². The summed E-state index contributed by atoms with van der Waals surface area (Å²) in [6, 6.07) is 27.6. The number of methoxy groups -OCH3 is 1. The maximum atomic E-state index is 14.7. The van der Waals surface area contributed by atoms with Gasteiger partial charge in [-0.15, -0.1) is 0 Å². The van der Waals surface area contributed by atoms with Crippen LogP contribution in [-0.2, 0) is 19.5 Å². The molecule has 1 aliphatic heterocycles. The highest BCUT2D eigenvalue weighted by Gasteiger charge is 2.32. The van der Waals surface area contributed by atoms with Crippen LogP contribution in [0.25, 0.3) is 56.0 Å². The van der Waals surface area contributed by atoms with Crippen LogP contribution in [0.5, 0.6) is 5.75 Å². The number of fused-ring (bicyclic) bond motifs is 2. The van der Waals surface area contributed by atoms with Crippen molar-refractivity contribution in [3.05, 3.63) is 126 Å². The van der Waals surface area contributed by atoms with Gasteiger partial charge in [-0.25, -0.2) is 22.2 Å². The first-order chi connectivity index (χ1) is 27.0. The second kappa shape index (κ2) is 14.9. The number of halogens is 2. The monoisotopic (exact) mass is 779 g/mol. The summed E-state index contributed by atoms with van der Waals surface area (Å²) in [6.07, 6.45) is 0.219. The van der Waals surface area contributed by atoms with Gasteiger partial charge in [0.25, 0.3) is 5.91 Å². The molecule has 1 fully saturated rings. The van der Waals surface area contributed by atoms with Crippen molar-refractivity contribution in [1.29, 1.82) is 0 Å². The number of hydrogen-bond donors (Lipinski definition) is 1. The molecule has 1 amide bonds. The van der Waals surface area contributed by atoms with Gasteiger partial charge >= 0.3 is 0 Å². The van der Waals surface area contributed by atoms with E-state index in [0.29, 0.717) is 46.4 Å². The number of aromatic nitrogens is 1. The Hall–Kier alpha value is -6.09. The molecule has 0 aliphatic carbocycles. The zero-order valence-electron chi connectivity index (χ0n) is 30.4. The van der Waals surface area contributed by atoms with Crippen molar-refractivity contribution >= 4 is 43.7 Å². The second-order valence-corrected chi connectivity index (χ2v) is 15.1. The van der Waals surface area contributed by atoms with Crippen molar-refractivity contribution in [2.45, 2.75) is 18.8 Å². The maximum absolute atomic E-state index is 14.7. The summed E-state index contributed by atoms with van der Waals surface area (Å²) < 4.78 is 88.0. The molecule has 7 aromatic rings. The number of oxazole rings is 1. The molecule has 1 N–H and O–H groups in total. The molecule has 11 nitrogen and oxygen atoms in total. The van der Waals surface area contributed by atoms with E-state index in [2.05, 4.69) is 10.3 Å². The molecule has 2 aromatic heterocycles. The second-order valence-electron chi connectivity index (χ2n) is 13.2. The Balaban J connectivity index is 1.34. The molecule has 3 heterocycles. The maximum Gasteiger partial charge on any atom is 0.255 e. The third-order valence-electron chi connectivity index (χ3n) is 9.61. The standard InChI is InChI=1S/C42H35F2N3O8S/c1-45-40(48)37-30-21-29(26-14-17-34(51-2)31(20-26)41-46-38-32(44)10-7-11-35(38)55-41)33(22-36(30)54-39(37)24-12-15-27(43)16-13-24)47(56(3,49)50)23-28-18-19-52-42(53-28)25-8-5-4-6-9-25/h4-17,20-22,28,42H,18-19,23H2,1-3H3,(H,45,48). The Bertz CT molecular complexity index is 2700. The first-order valence-electron chi connectivity index (χ1n) is 17.6. The molecule has 2 atom stereocenters. The molecule has 2 unspecified atom stereocenters. The number of amides is 1. The molecule has 1 aliphatic rings. The molecule has 0 spiro atoms. The fourth-order valence-electron chi connectivity index (χ4n) is 6.90. The van der Waals surface area contributed by atoms with Crippen molar-refractivity contribution in [2.75, 3.05) is 37.9 Å². The van der Waals surface area contributed by atoms with Crippen molar-refractivity contribution in [1.82, 2.24) is 10.3 Å². The van der Waals surface area contributed by atoms with Gasteiger partial charge in [0, 0.05) is 35.2 Å². The molecule has 8 rings (SSSR count). The topological polar surface area (TPSA) is 133 Å². The van der Waals surface area contributed by atoms with Crippen LogP contribution in [0, 0.1) is 11.6 Å². The summed E-state index contributed by atoms with van der Waals surface area (Å²) in [7, 11) is -1.07. The minimum Gasteiger partial charge on any atom is -0.496 e. The fourth-order valence-corrected chi connectivity index (χ4v) is 7.85. The van der Waals surface area contributed by atoms with Gasteiger partial charge in [0.15, 0.2) is 17.7 Å². The number of anilines is 1. The number of ether oxygens (including phenoxy) is 3. The molecule has 0 bridgehead atoms. The summed E-state index contributed by atoms with van der Waals surface area (Å²) in [6.45, 7) is 0.237. The minimum absolute atomic E-state index is 0.0347. The van der Waals surface area contributed by atoms with Crippen LogP contribution in [0.4, 0.5) is 14.5 Å². The number of furan rings is 1. The number of nitrogens with one attached hydrogen (secondary N) is 1. The number of carbonyl (C=O) groups is 1. The van der Waals surface area contributed by atoms with E-state index in [-0.39, 0.29) is 46.1 Å². The van der Waals surface area contributed by atoms with Gasteiger partial charge in [-0.05, 0) is 66.6 Å². The summed E-state index contributed by atoms with van der Waals surface area (Å²) in [5.41, 5.74) is 3.30. The normalized spacial score (nSPS) is 15.9. The Morgan fingerprint density at radius 1 is 0.911 bits per heavy atom. The summed E-state index contributed by atoms with van der Waals surface area (Å²) >= 11 is 0. The molecular weight excluding hydrogens is 745 g/mol.